The molecule has 0 atom stereocenters. The number of pyridine rings is 1. The highest BCUT2D eigenvalue weighted by atomic mass is 19.1. The van der Waals surface area contributed by atoms with Crippen molar-refractivity contribution in [1.29, 1.82) is 0 Å². The molecule has 0 saturated carbocycles. The van der Waals surface area contributed by atoms with Crippen molar-refractivity contribution in [1.82, 2.24) is 4.57 Å². The van der Waals surface area contributed by atoms with Gasteiger partial charge in [0.1, 0.15) is 5.82 Å². The lowest BCUT2D eigenvalue weighted by molar-refractivity contribution is 0.0978. The van der Waals surface area contributed by atoms with Crippen LogP contribution in [0.2, 0.25) is 0 Å². The molecule has 0 amide bonds. The van der Waals surface area contributed by atoms with E-state index in [9.17, 15) is 14.0 Å². The molecule has 3 nitrogen and oxygen atoms in total. The fraction of sp³-hybridized carbons (Fsp3) is 0.250. The molecular formula is C16H16FNO2. The molecule has 20 heavy (non-hydrogen) atoms. The third-order valence-electron chi connectivity index (χ3n) is 3.22. The second-order valence-corrected chi connectivity index (χ2v) is 4.69. The van der Waals surface area contributed by atoms with Gasteiger partial charge in [-0.2, -0.15) is 0 Å². The summed E-state index contributed by atoms with van der Waals surface area (Å²) >= 11 is 0. The molecule has 1 heterocycles. The Kier molecular flexibility index (Phi) is 4.45. The van der Waals surface area contributed by atoms with Crippen molar-refractivity contribution in [3.63, 3.8) is 0 Å². The summed E-state index contributed by atoms with van der Waals surface area (Å²) in [6.45, 7) is 2.38. The van der Waals surface area contributed by atoms with Gasteiger partial charge >= 0.3 is 0 Å². The van der Waals surface area contributed by atoms with Gasteiger partial charge in [0.15, 0.2) is 5.78 Å². The maximum absolute atomic E-state index is 12.8. The Morgan fingerprint density at radius 3 is 2.50 bits per heavy atom. The van der Waals surface area contributed by atoms with Crippen LogP contribution in [-0.4, -0.2) is 10.4 Å². The summed E-state index contributed by atoms with van der Waals surface area (Å²) in [7, 11) is 0. The molecule has 0 bridgehead atoms. The Hall–Kier alpha value is -2.23. The summed E-state index contributed by atoms with van der Waals surface area (Å²) in [4.78, 5) is 23.6. The van der Waals surface area contributed by atoms with Gasteiger partial charge in [-0.25, -0.2) is 4.39 Å². The predicted molar refractivity (Wildman–Crippen MR) is 75.4 cm³/mol. The molecule has 0 aliphatic heterocycles. The zero-order chi connectivity index (χ0) is 14.5. The monoisotopic (exact) mass is 273 g/mol. The number of nitrogens with zero attached hydrogens (tertiary/aromatic N) is 1. The van der Waals surface area contributed by atoms with Crippen molar-refractivity contribution >= 4 is 5.78 Å². The normalized spacial score (nSPS) is 10.5. The third-order valence-corrected chi connectivity index (χ3v) is 3.22. The van der Waals surface area contributed by atoms with Crippen LogP contribution in [-0.2, 0) is 6.54 Å². The first kappa shape index (κ1) is 14.2. The number of aryl methyl sites for hydroxylation is 1. The molecule has 4 heteroatoms. The fourth-order valence-electron chi connectivity index (χ4n) is 2.09. The molecule has 2 rings (SSSR count). The van der Waals surface area contributed by atoms with Crippen LogP contribution in [0.15, 0.2) is 47.3 Å². The zero-order valence-corrected chi connectivity index (χ0v) is 11.3. The highest BCUT2D eigenvalue weighted by Gasteiger charge is 2.06. The highest BCUT2D eigenvalue weighted by Crippen LogP contribution is 2.08. The standard InChI is InChI=1S/C16H16FNO2/c1-12-4-2-6-16(20)18(12)11-3-5-15(19)13-7-9-14(17)10-8-13/h2,4,6-10H,3,5,11H2,1H3. The lowest BCUT2D eigenvalue weighted by Crippen LogP contribution is -2.21. The molecule has 0 unspecified atom stereocenters. The van der Waals surface area contributed by atoms with Crippen LogP contribution < -0.4 is 5.56 Å². The van der Waals surface area contributed by atoms with Gasteiger partial charge in [0.2, 0.25) is 0 Å². The molecule has 0 spiro atoms. The average molecular weight is 273 g/mol. The molecule has 104 valence electrons. The van der Waals surface area contributed by atoms with E-state index in [1.165, 1.54) is 30.3 Å². The molecule has 0 saturated heterocycles. The number of hydrogen-bond donors (Lipinski definition) is 0. The van der Waals surface area contributed by atoms with Crippen LogP contribution in [0.5, 0.6) is 0 Å². The lowest BCUT2D eigenvalue weighted by Gasteiger charge is -2.08. The van der Waals surface area contributed by atoms with Crippen molar-refractivity contribution in [2.45, 2.75) is 26.3 Å². The first-order chi connectivity index (χ1) is 9.58. The van der Waals surface area contributed by atoms with Crippen molar-refractivity contribution in [2.75, 3.05) is 0 Å². The fourth-order valence-corrected chi connectivity index (χ4v) is 2.09. The summed E-state index contributed by atoms with van der Waals surface area (Å²) < 4.78 is 14.4. The van der Waals surface area contributed by atoms with E-state index in [1.54, 1.807) is 10.6 Å². The van der Waals surface area contributed by atoms with Gasteiger partial charge in [-0.15, -0.1) is 0 Å². The number of Topliss-reactive ketones (excluding diaryl/α,β-unsaturated/α-hetero) is 1. The number of rotatable bonds is 5. The number of aromatic nitrogens is 1. The Bertz CT molecular complexity index is 659. The maximum Gasteiger partial charge on any atom is 0.250 e. The van der Waals surface area contributed by atoms with Gasteiger partial charge < -0.3 is 4.57 Å². The van der Waals surface area contributed by atoms with Gasteiger partial charge in [0, 0.05) is 30.3 Å². The van der Waals surface area contributed by atoms with Crippen LogP contribution in [0.4, 0.5) is 4.39 Å². The van der Waals surface area contributed by atoms with Crippen LogP contribution in [0.25, 0.3) is 0 Å². The number of hydrogen-bond acceptors (Lipinski definition) is 2. The van der Waals surface area contributed by atoms with Crippen molar-refractivity contribution in [2.24, 2.45) is 0 Å². The second kappa shape index (κ2) is 6.28. The largest absolute Gasteiger partial charge is 0.313 e. The SMILES string of the molecule is Cc1cccc(=O)n1CCCC(=O)c1ccc(F)cc1. The van der Waals surface area contributed by atoms with Gasteiger partial charge in [-0.05, 0) is 43.7 Å². The third kappa shape index (κ3) is 3.41. The molecule has 0 radical (unpaired) electrons. The summed E-state index contributed by atoms with van der Waals surface area (Å²) in [6, 6.07) is 10.6. The lowest BCUT2D eigenvalue weighted by atomic mass is 10.1. The van der Waals surface area contributed by atoms with E-state index < -0.39 is 0 Å². The number of ketones is 1. The molecule has 0 N–H and O–H groups in total. The number of carbonyl (C=O) groups is 1. The number of benzene rings is 1. The van der Waals surface area contributed by atoms with E-state index in [4.69, 9.17) is 0 Å². The Labute approximate surface area is 116 Å². The molecule has 1 aromatic heterocycles. The van der Waals surface area contributed by atoms with Crippen molar-refractivity contribution in [3.8, 4) is 0 Å². The summed E-state index contributed by atoms with van der Waals surface area (Å²) in [5, 5.41) is 0. The van der Waals surface area contributed by atoms with Crippen LogP contribution in [0.3, 0.4) is 0 Å². The minimum Gasteiger partial charge on any atom is -0.313 e. The smallest absolute Gasteiger partial charge is 0.250 e. The summed E-state index contributed by atoms with van der Waals surface area (Å²) in [5.41, 5.74) is 1.33. The highest BCUT2D eigenvalue weighted by molar-refractivity contribution is 5.95. The average Bonchev–Trinajstić information content (AvgIpc) is 2.42. The number of halogens is 1. The van der Waals surface area contributed by atoms with Gasteiger partial charge in [-0.3, -0.25) is 9.59 Å². The number of carbonyl (C=O) groups excluding carboxylic acids is 1. The van der Waals surface area contributed by atoms with E-state index in [0.717, 1.165) is 5.69 Å². The van der Waals surface area contributed by atoms with Crippen LogP contribution in [0, 0.1) is 12.7 Å². The van der Waals surface area contributed by atoms with Gasteiger partial charge in [0.25, 0.3) is 5.56 Å². The molecule has 1 aromatic carbocycles. The predicted octanol–water partition coefficient (Wildman–Crippen LogP) is 2.96. The first-order valence-corrected chi connectivity index (χ1v) is 6.53. The topological polar surface area (TPSA) is 39.1 Å². The summed E-state index contributed by atoms with van der Waals surface area (Å²) in [5.74, 6) is -0.389. The Balaban J connectivity index is 1.95. The van der Waals surface area contributed by atoms with E-state index in [-0.39, 0.29) is 17.2 Å². The van der Waals surface area contributed by atoms with Crippen molar-refractivity contribution in [3.05, 3.63) is 69.9 Å². The van der Waals surface area contributed by atoms with Crippen LogP contribution in [0.1, 0.15) is 28.9 Å². The molecule has 0 fully saturated rings. The molecule has 0 aliphatic rings. The Morgan fingerprint density at radius 1 is 1.15 bits per heavy atom. The first-order valence-electron chi connectivity index (χ1n) is 6.53. The summed E-state index contributed by atoms with van der Waals surface area (Å²) in [6.07, 6.45) is 0.924. The maximum atomic E-state index is 12.8. The van der Waals surface area contributed by atoms with Gasteiger partial charge in [0.05, 0.1) is 0 Å². The van der Waals surface area contributed by atoms with E-state index in [2.05, 4.69) is 0 Å². The van der Waals surface area contributed by atoms with E-state index in [1.807, 2.05) is 13.0 Å². The van der Waals surface area contributed by atoms with E-state index in [0.29, 0.717) is 24.9 Å². The molecule has 0 aliphatic carbocycles. The van der Waals surface area contributed by atoms with E-state index >= 15 is 0 Å². The van der Waals surface area contributed by atoms with Crippen molar-refractivity contribution < 1.29 is 9.18 Å². The molecular weight excluding hydrogens is 257 g/mol. The van der Waals surface area contributed by atoms with Gasteiger partial charge in [-0.1, -0.05) is 6.07 Å². The second-order valence-electron chi connectivity index (χ2n) is 4.69. The molecule has 2 aromatic rings. The Morgan fingerprint density at radius 2 is 1.85 bits per heavy atom. The quantitative estimate of drug-likeness (QED) is 0.786. The zero-order valence-electron chi connectivity index (χ0n) is 11.3. The minimum atomic E-state index is -0.354. The van der Waals surface area contributed by atoms with Crippen LogP contribution >= 0.6 is 0 Å². The minimum absolute atomic E-state index is 0.0355.